The summed E-state index contributed by atoms with van der Waals surface area (Å²) in [6.07, 6.45) is 3.62. The fourth-order valence-corrected chi connectivity index (χ4v) is 2.41. The monoisotopic (exact) mass is 292 g/mol. The summed E-state index contributed by atoms with van der Waals surface area (Å²) in [4.78, 5) is 9.21. The molecule has 2 rings (SSSR count). The van der Waals surface area contributed by atoms with Crippen LogP contribution < -0.4 is 10.6 Å². The highest BCUT2D eigenvalue weighted by atomic mass is 16.5. The van der Waals surface area contributed by atoms with Gasteiger partial charge in [-0.15, -0.1) is 0 Å². The quantitative estimate of drug-likeness (QED) is 0.769. The predicted octanol–water partition coefficient (Wildman–Crippen LogP) is 3.40. The molecule has 5 heteroatoms. The average molecular weight is 292 g/mol. The van der Waals surface area contributed by atoms with E-state index in [2.05, 4.69) is 41.4 Å². The van der Waals surface area contributed by atoms with Gasteiger partial charge in [-0.3, -0.25) is 0 Å². The maximum atomic E-state index is 5.60. The smallest absolute Gasteiger partial charge is 0.135 e. The lowest BCUT2D eigenvalue weighted by Crippen LogP contribution is -2.41. The van der Waals surface area contributed by atoms with Gasteiger partial charge in [-0.2, -0.15) is 0 Å². The molecule has 1 aromatic rings. The molecule has 1 saturated carbocycles. The Morgan fingerprint density at radius 3 is 2.57 bits per heavy atom. The topological polar surface area (TPSA) is 59.1 Å². The van der Waals surface area contributed by atoms with Gasteiger partial charge < -0.3 is 15.4 Å². The molecule has 21 heavy (non-hydrogen) atoms. The molecule has 1 aliphatic rings. The third-order valence-corrected chi connectivity index (χ3v) is 3.67. The van der Waals surface area contributed by atoms with Crippen LogP contribution >= 0.6 is 0 Å². The third kappa shape index (κ3) is 4.56. The van der Waals surface area contributed by atoms with Gasteiger partial charge in [0.05, 0.1) is 6.10 Å². The largest absolute Gasteiger partial charge is 0.378 e. The zero-order valence-corrected chi connectivity index (χ0v) is 13.6. The Kier molecular flexibility index (Phi) is 5.79. The van der Waals surface area contributed by atoms with E-state index in [1.807, 2.05) is 13.0 Å². The Bertz CT molecular complexity index is 444. The summed E-state index contributed by atoms with van der Waals surface area (Å²) < 4.78 is 5.60. The summed E-state index contributed by atoms with van der Waals surface area (Å²) >= 11 is 0. The number of nitrogens with one attached hydrogen (secondary N) is 2. The fraction of sp³-hybridized carbons (Fsp3) is 0.750. The predicted molar refractivity (Wildman–Crippen MR) is 87.0 cm³/mol. The van der Waals surface area contributed by atoms with E-state index in [4.69, 9.17) is 4.74 Å². The van der Waals surface area contributed by atoms with Crippen LogP contribution in [-0.2, 0) is 4.74 Å². The van der Waals surface area contributed by atoms with Crippen molar-refractivity contribution in [2.75, 3.05) is 23.8 Å². The molecule has 1 fully saturated rings. The van der Waals surface area contributed by atoms with E-state index in [0.717, 1.165) is 49.9 Å². The molecule has 5 nitrogen and oxygen atoms in total. The van der Waals surface area contributed by atoms with Crippen molar-refractivity contribution < 1.29 is 4.74 Å². The molecule has 0 aliphatic heterocycles. The second-order valence-corrected chi connectivity index (χ2v) is 5.97. The van der Waals surface area contributed by atoms with Crippen molar-refractivity contribution in [3.8, 4) is 0 Å². The summed E-state index contributed by atoms with van der Waals surface area (Å²) in [6.45, 7) is 10.2. The van der Waals surface area contributed by atoms with Crippen molar-refractivity contribution in [1.82, 2.24) is 9.97 Å². The highest BCUT2D eigenvalue weighted by Crippen LogP contribution is 2.27. The van der Waals surface area contributed by atoms with Crippen molar-refractivity contribution in [3.63, 3.8) is 0 Å². The first-order valence-corrected chi connectivity index (χ1v) is 8.13. The molecule has 0 spiro atoms. The minimum Gasteiger partial charge on any atom is -0.378 e. The lowest BCUT2D eigenvalue weighted by atomic mass is 9.89. The summed E-state index contributed by atoms with van der Waals surface area (Å²) in [7, 11) is 0. The summed E-state index contributed by atoms with van der Waals surface area (Å²) in [5.74, 6) is 3.05. The van der Waals surface area contributed by atoms with Crippen molar-refractivity contribution >= 4 is 11.6 Å². The van der Waals surface area contributed by atoms with Gasteiger partial charge in [-0.05, 0) is 26.2 Å². The minimum absolute atomic E-state index is 0.325. The number of ether oxygens (including phenoxy) is 1. The van der Waals surface area contributed by atoms with E-state index < -0.39 is 0 Å². The van der Waals surface area contributed by atoms with Crippen LogP contribution in [0, 0.1) is 0 Å². The van der Waals surface area contributed by atoms with Crippen LogP contribution in [0.2, 0.25) is 0 Å². The molecule has 0 saturated heterocycles. The van der Waals surface area contributed by atoms with Crippen LogP contribution in [0.15, 0.2) is 6.07 Å². The lowest BCUT2D eigenvalue weighted by molar-refractivity contribution is 0.00292. The van der Waals surface area contributed by atoms with Crippen LogP contribution in [0.3, 0.4) is 0 Å². The molecular weight excluding hydrogens is 264 g/mol. The molecule has 0 unspecified atom stereocenters. The van der Waals surface area contributed by atoms with Gasteiger partial charge in [0.1, 0.15) is 17.5 Å². The zero-order chi connectivity index (χ0) is 15.2. The van der Waals surface area contributed by atoms with Gasteiger partial charge in [-0.25, -0.2) is 9.97 Å². The third-order valence-electron chi connectivity index (χ3n) is 3.67. The van der Waals surface area contributed by atoms with Crippen molar-refractivity contribution in [2.24, 2.45) is 0 Å². The van der Waals surface area contributed by atoms with Crippen LogP contribution in [-0.4, -0.2) is 35.3 Å². The van der Waals surface area contributed by atoms with E-state index in [9.17, 15) is 0 Å². The standard InChI is InChI=1S/C16H28N4O/c1-5-7-17-14-10-15(20-16(19-14)11(3)4)18-12-8-13(9-12)21-6-2/h10-13H,5-9H2,1-4H3,(H2,17,18,19,20). The van der Waals surface area contributed by atoms with E-state index in [1.165, 1.54) is 0 Å². The average Bonchev–Trinajstić information content (AvgIpc) is 2.42. The fourth-order valence-electron chi connectivity index (χ4n) is 2.41. The Balaban J connectivity index is 1.99. The van der Waals surface area contributed by atoms with Crippen LogP contribution in [0.4, 0.5) is 11.6 Å². The second kappa shape index (κ2) is 7.59. The number of hydrogen-bond donors (Lipinski definition) is 2. The molecule has 0 bridgehead atoms. The molecule has 2 N–H and O–H groups in total. The maximum absolute atomic E-state index is 5.60. The van der Waals surface area contributed by atoms with Crippen molar-refractivity contribution in [2.45, 2.75) is 65.0 Å². The van der Waals surface area contributed by atoms with Gasteiger partial charge in [0.25, 0.3) is 0 Å². The van der Waals surface area contributed by atoms with E-state index >= 15 is 0 Å². The van der Waals surface area contributed by atoms with E-state index in [0.29, 0.717) is 18.1 Å². The summed E-state index contributed by atoms with van der Waals surface area (Å²) in [6, 6.07) is 2.48. The Hall–Kier alpha value is -1.36. The highest BCUT2D eigenvalue weighted by molar-refractivity contribution is 5.48. The first-order chi connectivity index (χ1) is 10.1. The highest BCUT2D eigenvalue weighted by Gasteiger charge is 2.29. The van der Waals surface area contributed by atoms with E-state index in [-0.39, 0.29) is 0 Å². The van der Waals surface area contributed by atoms with Crippen LogP contribution in [0.1, 0.15) is 58.7 Å². The number of anilines is 2. The number of aromatic nitrogens is 2. The first kappa shape index (κ1) is 16.0. The van der Waals surface area contributed by atoms with Gasteiger partial charge in [0.15, 0.2) is 0 Å². The van der Waals surface area contributed by atoms with Gasteiger partial charge in [-0.1, -0.05) is 20.8 Å². The molecule has 0 radical (unpaired) electrons. The van der Waals surface area contributed by atoms with E-state index in [1.54, 1.807) is 0 Å². The van der Waals surface area contributed by atoms with Crippen molar-refractivity contribution in [1.29, 1.82) is 0 Å². The number of nitrogens with zero attached hydrogens (tertiary/aromatic N) is 2. The van der Waals surface area contributed by atoms with Crippen LogP contribution in [0.5, 0.6) is 0 Å². The molecule has 0 aromatic carbocycles. The molecule has 0 atom stereocenters. The Labute approximate surface area is 127 Å². The second-order valence-electron chi connectivity index (χ2n) is 5.97. The van der Waals surface area contributed by atoms with Gasteiger partial charge in [0, 0.05) is 31.2 Å². The Morgan fingerprint density at radius 1 is 1.24 bits per heavy atom. The zero-order valence-electron chi connectivity index (χ0n) is 13.6. The summed E-state index contributed by atoms with van der Waals surface area (Å²) in [5.41, 5.74) is 0. The number of rotatable bonds is 8. The van der Waals surface area contributed by atoms with Gasteiger partial charge >= 0.3 is 0 Å². The molecule has 1 heterocycles. The molecule has 1 aromatic heterocycles. The van der Waals surface area contributed by atoms with Crippen LogP contribution in [0.25, 0.3) is 0 Å². The number of hydrogen-bond acceptors (Lipinski definition) is 5. The maximum Gasteiger partial charge on any atom is 0.135 e. The molecule has 0 amide bonds. The molecule has 118 valence electrons. The first-order valence-electron chi connectivity index (χ1n) is 8.13. The minimum atomic E-state index is 0.325. The molecular formula is C16H28N4O. The lowest BCUT2D eigenvalue weighted by Gasteiger charge is -2.35. The summed E-state index contributed by atoms with van der Waals surface area (Å²) in [5, 5.41) is 6.86. The SMILES string of the molecule is CCCNc1cc(NC2CC(OCC)C2)nc(C(C)C)n1. The Morgan fingerprint density at radius 2 is 1.95 bits per heavy atom. The van der Waals surface area contributed by atoms with Gasteiger partial charge in [0.2, 0.25) is 0 Å². The normalized spacial score (nSPS) is 21.2. The molecule has 1 aliphatic carbocycles. The van der Waals surface area contributed by atoms with Crippen molar-refractivity contribution in [3.05, 3.63) is 11.9 Å².